The average molecular weight is 523 g/mol. The zero-order valence-electron chi connectivity index (χ0n) is 19.8. The van der Waals surface area contributed by atoms with Gasteiger partial charge in [0.1, 0.15) is 16.8 Å². The van der Waals surface area contributed by atoms with Gasteiger partial charge < -0.3 is 26.0 Å². The molecule has 36 heavy (non-hydrogen) atoms. The van der Waals surface area contributed by atoms with Crippen molar-refractivity contribution in [2.24, 2.45) is 11.7 Å². The number of aliphatic carboxylic acids is 2. The highest BCUT2D eigenvalue weighted by Crippen LogP contribution is 2.24. The number of rotatable bonds is 12. The summed E-state index contributed by atoms with van der Waals surface area (Å²) in [7, 11) is 1.64. The van der Waals surface area contributed by atoms with Crippen LogP contribution in [0.3, 0.4) is 0 Å². The molecular weight excluding hydrogens is 495 g/mol. The maximum Gasteiger partial charge on any atom is 0.353 e. The fourth-order valence-corrected chi connectivity index (χ4v) is 4.41. The van der Waals surface area contributed by atoms with Gasteiger partial charge in [0, 0.05) is 17.0 Å². The Bertz CT molecular complexity index is 1170. The summed E-state index contributed by atoms with van der Waals surface area (Å²) in [5.74, 6) is -5.98. The molecule has 1 aromatic heterocycles. The molecule has 2 aromatic rings. The van der Waals surface area contributed by atoms with Gasteiger partial charge in [-0.2, -0.15) is 0 Å². The number of carboxylic acids is 2. The van der Waals surface area contributed by atoms with Crippen LogP contribution >= 0.6 is 11.3 Å². The molecule has 1 unspecified atom stereocenters. The van der Waals surface area contributed by atoms with Crippen molar-refractivity contribution < 1.29 is 38.5 Å². The number of amides is 1. The molecule has 0 fully saturated rings. The van der Waals surface area contributed by atoms with Crippen LogP contribution in [0.1, 0.15) is 40.4 Å². The highest BCUT2D eigenvalue weighted by molar-refractivity contribution is 7.13. The number of carboxylic acid groups (broad SMARTS) is 2. The van der Waals surface area contributed by atoms with Crippen LogP contribution in [-0.4, -0.2) is 63.9 Å². The van der Waals surface area contributed by atoms with Crippen LogP contribution in [0.4, 0.5) is 4.39 Å². The van der Waals surface area contributed by atoms with Crippen LogP contribution in [0, 0.1) is 17.1 Å². The maximum absolute atomic E-state index is 14.2. The number of esters is 1. The molecule has 0 aliphatic heterocycles. The highest BCUT2D eigenvalue weighted by atomic mass is 32.1. The van der Waals surface area contributed by atoms with Crippen LogP contribution < -0.4 is 15.8 Å². The number of carbonyl (C=O) groups is 4. The SMILES string of the molecule is CC(C)C(C(=O)N[C@@H](CC(=O)O)C(=O)O)N(C)Cc1ccc(C(=O)Oc2ccc(C(=N)N)cc2F)s1. The smallest absolute Gasteiger partial charge is 0.353 e. The number of nitrogens with zero attached hydrogens (tertiary/aromatic N) is 1. The number of nitrogen functional groups attached to an aromatic ring is 1. The molecule has 11 nitrogen and oxygen atoms in total. The predicted molar refractivity (Wildman–Crippen MR) is 129 cm³/mol. The standard InChI is InChI=1S/C23H27FN4O7S/c1-11(2)19(21(31)27-15(22(32)33)9-18(29)30)28(3)10-13-5-7-17(36-13)23(34)35-16-6-4-12(20(25)26)8-14(16)24/h4-8,11,15,19H,9-10H2,1-3H3,(H3,25,26)(H,27,31)(H,29,30)(H,32,33)/t15-,19?/m0/s1. The van der Waals surface area contributed by atoms with Gasteiger partial charge in [-0.3, -0.25) is 19.9 Å². The lowest BCUT2D eigenvalue weighted by Crippen LogP contribution is -2.53. The van der Waals surface area contributed by atoms with Crippen LogP contribution in [0.15, 0.2) is 30.3 Å². The minimum Gasteiger partial charge on any atom is -0.481 e. The molecule has 0 aliphatic carbocycles. The molecule has 0 aliphatic rings. The molecule has 0 radical (unpaired) electrons. The lowest BCUT2D eigenvalue weighted by atomic mass is 10.0. The molecule has 0 saturated carbocycles. The number of halogens is 1. The molecule has 1 heterocycles. The summed E-state index contributed by atoms with van der Waals surface area (Å²) in [5, 5.41) is 27.7. The fourth-order valence-electron chi connectivity index (χ4n) is 3.46. The Hall–Kier alpha value is -3.84. The van der Waals surface area contributed by atoms with E-state index in [2.05, 4.69) is 5.32 Å². The minimum atomic E-state index is -1.57. The van der Waals surface area contributed by atoms with Crippen LogP contribution in [0.2, 0.25) is 0 Å². The second-order valence-electron chi connectivity index (χ2n) is 8.32. The predicted octanol–water partition coefficient (Wildman–Crippen LogP) is 1.89. The van der Waals surface area contributed by atoms with Gasteiger partial charge in [0.05, 0.1) is 12.5 Å². The summed E-state index contributed by atoms with van der Waals surface area (Å²) in [6, 6.07) is 4.33. The third kappa shape index (κ3) is 7.58. The second kappa shape index (κ2) is 12.2. The summed E-state index contributed by atoms with van der Waals surface area (Å²) < 4.78 is 19.3. The van der Waals surface area contributed by atoms with Crippen LogP contribution in [-0.2, 0) is 20.9 Å². The number of amidine groups is 1. The summed E-state index contributed by atoms with van der Waals surface area (Å²) in [5.41, 5.74) is 5.46. The summed E-state index contributed by atoms with van der Waals surface area (Å²) >= 11 is 1.07. The van der Waals surface area contributed by atoms with E-state index in [9.17, 15) is 28.7 Å². The van der Waals surface area contributed by atoms with E-state index in [0.717, 1.165) is 17.4 Å². The Kier molecular flexibility index (Phi) is 9.64. The minimum absolute atomic E-state index is 0.148. The Labute approximate surface area is 210 Å². The first-order valence-electron chi connectivity index (χ1n) is 10.7. The number of nitrogens with two attached hydrogens (primary N) is 1. The fraction of sp³-hybridized carbons (Fsp3) is 0.348. The number of likely N-dealkylation sites (N-methyl/N-ethyl adjacent to an activating group) is 1. The third-order valence-corrected chi connectivity index (χ3v) is 6.13. The number of ether oxygens (including phenoxy) is 1. The Morgan fingerprint density at radius 2 is 1.86 bits per heavy atom. The summed E-state index contributed by atoms with van der Waals surface area (Å²) in [6.45, 7) is 3.74. The van der Waals surface area contributed by atoms with Gasteiger partial charge in [0.15, 0.2) is 11.6 Å². The molecule has 0 bridgehead atoms. The monoisotopic (exact) mass is 522 g/mol. The first-order valence-corrected chi connectivity index (χ1v) is 11.5. The number of hydrogen-bond acceptors (Lipinski definition) is 8. The molecular formula is C23H27FN4O7S. The van der Waals surface area contributed by atoms with E-state index in [1.807, 2.05) is 0 Å². The topological polar surface area (TPSA) is 183 Å². The van der Waals surface area contributed by atoms with E-state index < -0.39 is 48.1 Å². The molecule has 0 spiro atoms. The molecule has 13 heteroatoms. The quantitative estimate of drug-likeness (QED) is 0.120. The van der Waals surface area contributed by atoms with Crippen molar-refractivity contribution in [3.63, 3.8) is 0 Å². The first-order chi connectivity index (χ1) is 16.8. The van der Waals surface area contributed by atoms with Crippen molar-refractivity contribution in [2.75, 3.05) is 7.05 Å². The number of thiophene rings is 1. The Balaban J connectivity index is 2.09. The molecule has 1 amide bonds. The van der Waals surface area contributed by atoms with Crippen molar-refractivity contribution in [2.45, 2.75) is 38.9 Å². The Morgan fingerprint density at radius 3 is 2.39 bits per heavy atom. The van der Waals surface area contributed by atoms with Gasteiger partial charge in [-0.05, 0) is 43.3 Å². The van der Waals surface area contributed by atoms with E-state index in [1.54, 1.807) is 31.9 Å². The molecule has 0 saturated heterocycles. The maximum atomic E-state index is 14.2. The largest absolute Gasteiger partial charge is 0.481 e. The molecule has 2 atom stereocenters. The van der Waals surface area contributed by atoms with Crippen LogP contribution in [0.25, 0.3) is 0 Å². The van der Waals surface area contributed by atoms with Gasteiger partial charge in [-0.15, -0.1) is 11.3 Å². The van der Waals surface area contributed by atoms with E-state index >= 15 is 0 Å². The number of hydrogen-bond donors (Lipinski definition) is 5. The third-order valence-electron chi connectivity index (χ3n) is 5.08. The van der Waals surface area contributed by atoms with Gasteiger partial charge >= 0.3 is 17.9 Å². The second-order valence-corrected chi connectivity index (χ2v) is 9.48. The van der Waals surface area contributed by atoms with Crippen molar-refractivity contribution in [3.8, 4) is 5.75 Å². The normalized spacial score (nSPS) is 12.7. The molecule has 1 aromatic carbocycles. The van der Waals surface area contributed by atoms with Crippen molar-refractivity contribution in [3.05, 3.63) is 51.5 Å². The van der Waals surface area contributed by atoms with Gasteiger partial charge in [0.2, 0.25) is 5.91 Å². The zero-order chi connectivity index (χ0) is 27.2. The molecule has 194 valence electrons. The first kappa shape index (κ1) is 28.4. The van der Waals surface area contributed by atoms with Crippen molar-refractivity contribution in [1.82, 2.24) is 10.2 Å². The van der Waals surface area contributed by atoms with Crippen molar-refractivity contribution in [1.29, 1.82) is 5.41 Å². The van der Waals surface area contributed by atoms with Gasteiger partial charge in [-0.1, -0.05) is 13.8 Å². The number of benzene rings is 1. The average Bonchev–Trinajstić information content (AvgIpc) is 3.22. The number of carbonyl (C=O) groups excluding carboxylic acids is 2. The van der Waals surface area contributed by atoms with Gasteiger partial charge in [0.25, 0.3) is 0 Å². The molecule has 6 N–H and O–H groups in total. The highest BCUT2D eigenvalue weighted by Gasteiger charge is 2.31. The van der Waals surface area contributed by atoms with E-state index in [4.69, 9.17) is 21.0 Å². The lowest BCUT2D eigenvalue weighted by molar-refractivity contribution is -0.148. The van der Waals surface area contributed by atoms with Crippen LogP contribution in [0.5, 0.6) is 5.75 Å². The van der Waals surface area contributed by atoms with Gasteiger partial charge in [-0.25, -0.2) is 14.0 Å². The zero-order valence-corrected chi connectivity index (χ0v) is 20.6. The summed E-state index contributed by atoms with van der Waals surface area (Å²) in [6.07, 6.45) is -0.760. The summed E-state index contributed by atoms with van der Waals surface area (Å²) in [4.78, 5) is 50.0. The van der Waals surface area contributed by atoms with Crippen molar-refractivity contribution >= 4 is 41.0 Å². The lowest BCUT2D eigenvalue weighted by Gasteiger charge is -2.30. The van der Waals surface area contributed by atoms with E-state index in [1.165, 1.54) is 18.2 Å². The molecule has 2 rings (SSSR count). The van der Waals surface area contributed by atoms with E-state index in [0.29, 0.717) is 4.88 Å². The number of nitrogens with one attached hydrogen (secondary N) is 2. The van der Waals surface area contributed by atoms with E-state index in [-0.39, 0.29) is 34.5 Å². The Morgan fingerprint density at radius 1 is 1.19 bits per heavy atom.